The zero-order valence-corrected chi connectivity index (χ0v) is 16.4. The van der Waals surface area contributed by atoms with Crippen molar-refractivity contribution in [3.8, 4) is 0 Å². The summed E-state index contributed by atoms with van der Waals surface area (Å²) >= 11 is 0. The van der Waals surface area contributed by atoms with Crippen molar-refractivity contribution in [2.24, 2.45) is 11.8 Å². The summed E-state index contributed by atoms with van der Waals surface area (Å²) in [5, 5.41) is 11.9. The third-order valence-electron chi connectivity index (χ3n) is 4.55. The molecule has 0 aromatic heterocycles. The van der Waals surface area contributed by atoms with Gasteiger partial charge in [0.1, 0.15) is 6.04 Å². The fourth-order valence-electron chi connectivity index (χ4n) is 2.98. The summed E-state index contributed by atoms with van der Waals surface area (Å²) in [6.07, 6.45) is 2.15. The fourth-order valence-corrected chi connectivity index (χ4v) is 2.98. The van der Waals surface area contributed by atoms with Crippen LogP contribution >= 0.6 is 12.4 Å². The monoisotopic (exact) mass is 382 g/mol. The number of hydrogen-bond acceptors (Lipinski definition) is 3. The summed E-state index contributed by atoms with van der Waals surface area (Å²) < 4.78 is 0. The van der Waals surface area contributed by atoms with Gasteiger partial charge in [-0.05, 0) is 43.3 Å². The van der Waals surface area contributed by atoms with E-state index in [-0.39, 0.29) is 30.3 Å². The molecule has 0 radical (unpaired) electrons. The molecule has 146 valence electrons. The van der Waals surface area contributed by atoms with Crippen LogP contribution in [0.25, 0.3) is 0 Å². The SMILES string of the molecule is CC(C)C(NC(=O)NCc1ccccc1)C(=O)NCCC1CCNC1.Cl. The maximum Gasteiger partial charge on any atom is 0.315 e. The Balaban J connectivity index is 0.00000338. The molecule has 1 aliphatic heterocycles. The molecule has 1 aliphatic rings. The Morgan fingerprint density at radius 1 is 1.19 bits per heavy atom. The van der Waals surface area contributed by atoms with E-state index in [9.17, 15) is 9.59 Å². The largest absolute Gasteiger partial charge is 0.354 e. The van der Waals surface area contributed by atoms with Gasteiger partial charge in [0.2, 0.25) is 5.91 Å². The molecular weight excluding hydrogens is 352 g/mol. The highest BCUT2D eigenvalue weighted by atomic mass is 35.5. The van der Waals surface area contributed by atoms with Crippen molar-refractivity contribution >= 4 is 24.3 Å². The zero-order chi connectivity index (χ0) is 18.1. The van der Waals surface area contributed by atoms with Crippen molar-refractivity contribution in [1.29, 1.82) is 0 Å². The van der Waals surface area contributed by atoms with Crippen LogP contribution in [0.4, 0.5) is 4.79 Å². The van der Waals surface area contributed by atoms with Crippen LogP contribution in [-0.2, 0) is 11.3 Å². The van der Waals surface area contributed by atoms with Gasteiger partial charge in [-0.25, -0.2) is 4.79 Å². The molecule has 1 heterocycles. The topological polar surface area (TPSA) is 82.3 Å². The van der Waals surface area contributed by atoms with E-state index in [0.717, 1.165) is 25.1 Å². The van der Waals surface area contributed by atoms with E-state index in [1.54, 1.807) is 0 Å². The number of hydrogen-bond donors (Lipinski definition) is 4. The first-order valence-electron chi connectivity index (χ1n) is 9.13. The minimum absolute atomic E-state index is 0. The van der Waals surface area contributed by atoms with Gasteiger partial charge in [-0.2, -0.15) is 0 Å². The van der Waals surface area contributed by atoms with Crippen molar-refractivity contribution in [2.45, 2.75) is 39.3 Å². The molecule has 26 heavy (non-hydrogen) atoms. The number of benzene rings is 1. The van der Waals surface area contributed by atoms with Gasteiger partial charge in [-0.3, -0.25) is 4.79 Å². The second-order valence-electron chi connectivity index (χ2n) is 6.97. The van der Waals surface area contributed by atoms with Gasteiger partial charge in [0.25, 0.3) is 0 Å². The standard InChI is InChI=1S/C19H30N4O2.ClH/c1-14(2)17(18(24)21-11-9-16-8-10-20-12-16)23-19(25)22-13-15-6-4-3-5-7-15;/h3-7,14,16-17,20H,8-13H2,1-2H3,(H,21,24)(H2,22,23,25);1H. The van der Waals surface area contributed by atoms with Crippen LogP contribution < -0.4 is 21.3 Å². The van der Waals surface area contributed by atoms with E-state index < -0.39 is 6.04 Å². The summed E-state index contributed by atoms with van der Waals surface area (Å²) in [5.41, 5.74) is 1.02. The maximum atomic E-state index is 12.4. The predicted molar refractivity (Wildman–Crippen MR) is 106 cm³/mol. The molecule has 0 saturated carbocycles. The Labute approximate surface area is 162 Å². The fraction of sp³-hybridized carbons (Fsp3) is 0.579. The molecule has 4 N–H and O–H groups in total. The number of amides is 3. The van der Waals surface area contributed by atoms with Gasteiger partial charge < -0.3 is 21.3 Å². The highest BCUT2D eigenvalue weighted by Crippen LogP contribution is 2.11. The van der Waals surface area contributed by atoms with Gasteiger partial charge in [-0.1, -0.05) is 44.2 Å². The summed E-state index contributed by atoms with van der Waals surface area (Å²) in [4.78, 5) is 24.5. The quantitative estimate of drug-likeness (QED) is 0.555. The van der Waals surface area contributed by atoms with Gasteiger partial charge in [0.05, 0.1) is 0 Å². The van der Waals surface area contributed by atoms with Crippen LogP contribution in [0.3, 0.4) is 0 Å². The molecule has 1 aromatic carbocycles. The number of halogens is 1. The first-order chi connectivity index (χ1) is 12.1. The second kappa shape index (κ2) is 11.8. The molecule has 2 rings (SSSR count). The average molecular weight is 383 g/mol. The molecule has 0 aliphatic carbocycles. The first-order valence-corrected chi connectivity index (χ1v) is 9.13. The Hall–Kier alpha value is -1.79. The van der Waals surface area contributed by atoms with E-state index in [1.807, 2.05) is 44.2 Å². The van der Waals surface area contributed by atoms with E-state index in [1.165, 1.54) is 6.42 Å². The maximum absolute atomic E-state index is 12.4. The van der Waals surface area contributed by atoms with Gasteiger partial charge in [-0.15, -0.1) is 12.4 Å². The summed E-state index contributed by atoms with van der Waals surface area (Å²) in [5.74, 6) is 0.548. The van der Waals surface area contributed by atoms with Crippen molar-refractivity contribution in [3.05, 3.63) is 35.9 Å². The van der Waals surface area contributed by atoms with Gasteiger partial charge >= 0.3 is 6.03 Å². The van der Waals surface area contributed by atoms with Crippen molar-refractivity contribution in [1.82, 2.24) is 21.3 Å². The van der Waals surface area contributed by atoms with Crippen LogP contribution in [0, 0.1) is 11.8 Å². The van der Waals surface area contributed by atoms with Crippen molar-refractivity contribution in [3.63, 3.8) is 0 Å². The summed E-state index contributed by atoms with van der Waals surface area (Å²) in [7, 11) is 0. The molecule has 7 heteroatoms. The molecule has 0 spiro atoms. The Kier molecular flexibility index (Phi) is 10.1. The van der Waals surface area contributed by atoms with E-state index in [4.69, 9.17) is 0 Å². The lowest BCUT2D eigenvalue weighted by molar-refractivity contribution is -0.123. The van der Waals surface area contributed by atoms with Crippen molar-refractivity contribution < 1.29 is 9.59 Å². The number of urea groups is 1. The Morgan fingerprint density at radius 2 is 1.92 bits per heavy atom. The van der Waals surface area contributed by atoms with E-state index >= 15 is 0 Å². The lowest BCUT2D eigenvalue weighted by Crippen LogP contribution is -2.52. The minimum atomic E-state index is -0.530. The van der Waals surface area contributed by atoms with Gasteiger partial charge in [0, 0.05) is 13.1 Å². The number of carbonyl (C=O) groups excluding carboxylic acids is 2. The molecule has 1 fully saturated rings. The number of nitrogens with one attached hydrogen (secondary N) is 4. The molecule has 2 unspecified atom stereocenters. The predicted octanol–water partition coefficient (Wildman–Crippen LogP) is 2.05. The molecule has 1 aromatic rings. The van der Waals surface area contributed by atoms with E-state index in [0.29, 0.717) is 19.0 Å². The Morgan fingerprint density at radius 3 is 2.54 bits per heavy atom. The average Bonchev–Trinajstić information content (AvgIpc) is 3.12. The van der Waals surface area contributed by atoms with Crippen LogP contribution in [0.1, 0.15) is 32.3 Å². The summed E-state index contributed by atoms with van der Waals surface area (Å²) in [6.45, 7) is 7.06. The number of rotatable bonds is 8. The molecule has 6 nitrogen and oxygen atoms in total. The van der Waals surface area contributed by atoms with Crippen LogP contribution in [0.5, 0.6) is 0 Å². The Bertz CT molecular complexity index is 548. The van der Waals surface area contributed by atoms with Crippen LogP contribution in [0.2, 0.25) is 0 Å². The first kappa shape index (κ1) is 22.3. The smallest absolute Gasteiger partial charge is 0.315 e. The van der Waals surface area contributed by atoms with Gasteiger partial charge in [0.15, 0.2) is 0 Å². The zero-order valence-electron chi connectivity index (χ0n) is 15.6. The lowest BCUT2D eigenvalue weighted by Gasteiger charge is -2.22. The summed E-state index contributed by atoms with van der Waals surface area (Å²) in [6, 6.07) is 8.84. The normalized spacial score (nSPS) is 17.3. The molecule has 0 bridgehead atoms. The number of carbonyl (C=O) groups is 2. The molecule has 2 atom stereocenters. The highest BCUT2D eigenvalue weighted by Gasteiger charge is 2.24. The van der Waals surface area contributed by atoms with Crippen LogP contribution in [0.15, 0.2) is 30.3 Å². The third-order valence-corrected chi connectivity index (χ3v) is 4.55. The minimum Gasteiger partial charge on any atom is -0.354 e. The van der Waals surface area contributed by atoms with E-state index in [2.05, 4.69) is 21.3 Å². The second-order valence-corrected chi connectivity index (χ2v) is 6.97. The lowest BCUT2D eigenvalue weighted by atomic mass is 10.0. The molecule has 1 saturated heterocycles. The third kappa shape index (κ3) is 7.62. The molecule has 3 amide bonds. The molecular formula is C19H31ClN4O2. The van der Waals surface area contributed by atoms with Crippen molar-refractivity contribution in [2.75, 3.05) is 19.6 Å². The van der Waals surface area contributed by atoms with Crippen LogP contribution in [-0.4, -0.2) is 37.6 Å². The highest BCUT2D eigenvalue weighted by molar-refractivity contribution is 5.87.